The van der Waals surface area contributed by atoms with Crippen molar-refractivity contribution < 1.29 is 14.3 Å². The van der Waals surface area contributed by atoms with Gasteiger partial charge in [-0.1, -0.05) is 19.3 Å². The average Bonchev–Trinajstić information content (AvgIpc) is 3.20. The SMILES string of the molecule is N#C[C@@H]1CCCN1C(=O)CNC12C[C@H]3C[C@@H](C1)CC(OC(=O)NC1CCCCC1)(C3)C2. The highest BCUT2D eigenvalue weighted by Crippen LogP contribution is 2.58. The molecule has 6 fully saturated rings. The van der Waals surface area contributed by atoms with E-state index >= 15 is 0 Å². The molecule has 2 N–H and O–H groups in total. The van der Waals surface area contributed by atoms with Gasteiger partial charge in [0, 0.05) is 24.5 Å². The highest BCUT2D eigenvalue weighted by molar-refractivity contribution is 5.79. The summed E-state index contributed by atoms with van der Waals surface area (Å²) in [6.07, 6.45) is 13.3. The molecular weight excluding hydrogens is 392 g/mol. The fourth-order valence-corrected chi connectivity index (χ4v) is 7.71. The molecule has 2 amide bonds. The summed E-state index contributed by atoms with van der Waals surface area (Å²) < 4.78 is 6.19. The van der Waals surface area contributed by atoms with E-state index in [0.29, 0.717) is 18.4 Å². The Bertz CT molecular complexity index is 742. The first-order valence-electron chi connectivity index (χ1n) is 12.4. The maximum Gasteiger partial charge on any atom is 0.407 e. The summed E-state index contributed by atoms with van der Waals surface area (Å²) in [5.41, 5.74) is -0.506. The zero-order valence-electron chi connectivity index (χ0n) is 18.5. The normalized spacial score (nSPS) is 39.3. The molecule has 6 aliphatic rings. The Labute approximate surface area is 185 Å². The highest BCUT2D eigenvalue weighted by atomic mass is 16.6. The second kappa shape index (κ2) is 8.27. The molecule has 170 valence electrons. The minimum Gasteiger partial charge on any atom is -0.443 e. The summed E-state index contributed by atoms with van der Waals surface area (Å²) in [6.45, 7) is 0.966. The number of likely N-dealkylation sites (tertiary alicyclic amines) is 1. The fourth-order valence-electron chi connectivity index (χ4n) is 7.71. The molecule has 1 heterocycles. The lowest BCUT2D eigenvalue weighted by Gasteiger charge is -2.61. The molecule has 5 aliphatic carbocycles. The predicted octanol–water partition coefficient (Wildman–Crippen LogP) is 3.24. The van der Waals surface area contributed by atoms with Crippen molar-refractivity contribution in [3.8, 4) is 6.07 Å². The Balaban J connectivity index is 1.22. The molecule has 0 aromatic carbocycles. The summed E-state index contributed by atoms with van der Waals surface area (Å²) in [6, 6.07) is 2.25. The number of hydrogen-bond acceptors (Lipinski definition) is 5. The molecule has 4 bridgehead atoms. The van der Waals surface area contributed by atoms with Gasteiger partial charge >= 0.3 is 6.09 Å². The Hall–Kier alpha value is -1.81. The third kappa shape index (κ3) is 4.28. The quantitative estimate of drug-likeness (QED) is 0.701. The van der Waals surface area contributed by atoms with E-state index in [1.807, 2.05) is 0 Å². The third-order valence-electron chi connectivity index (χ3n) is 8.58. The van der Waals surface area contributed by atoms with E-state index in [0.717, 1.165) is 57.8 Å². The van der Waals surface area contributed by atoms with Crippen LogP contribution in [0.3, 0.4) is 0 Å². The first-order chi connectivity index (χ1) is 15.0. The van der Waals surface area contributed by atoms with Gasteiger partial charge in [-0.2, -0.15) is 5.26 Å². The van der Waals surface area contributed by atoms with E-state index in [9.17, 15) is 14.9 Å². The maximum absolute atomic E-state index is 12.8. The van der Waals surface area contributed by atoms with Crippen LogP contribution >= 0.6 is 0 Å². The lowest BCUT2D eigenvalue weighted by Crippen LogP contribution is -2.66. The lowest BCUT2D eigenvalue weighted by molar-refractivity contribution is -0.148. The smallest absolute Gasteiger partial charge is 0.407 e. The fraction of sp³-hybridized carbons (Fsp3) is 0.875. The number of nitrogens with zero attached hydrogens (tertiary/aromatic N) is 2. The van der Waals surface area contributed by atoms with Crippen LogP contribution in [0.1, 0.15) is 83.5 Å². The van der Waals surface area contributed by atoms with Crippen LogP contribution in [-0.2, 0) is 9.53 Å². The summed E-state index contributed by atoms with van der Waals surface area (Å²) in [4.78, 5) is 27.3. The highest BCUT2D eigenvalue weighted by Gasteiger charge is 2.59. The molecule has 0 radical (unpaired) electrons. The van der Waals surface area contributed by atoms with Crippen LogP contribution in [0.2, 0.25) is 0 Å². The first kappa shape index (κ1) is 21.1. The number of hydrogen-bond donors (Lipinski definition) is 2. The van der Waals surface area contributed by atoms with Gasteiger partial charge in [-0.25, -0.2) is 4.79 Å². The van der Waals surface area contributed by atoms with E-state index in [1.165, 1.54) is 25.7 Å². The number of carbonyl (C=O) groups is 2. The largest absolute Gasteiger partial charge is 0.443 e. The van der Waals surface area contributed by atoms with Gasteiger partial charge in [0.1, 0.15) is 11.6 Å². The molecule has 0 spiro atoms. The third-order valence-corrected chi connectivity index (χ3v) is 8.58. The second-order valence-corrected chi connectivity index (χ2v) is 11.0. The van der Waals surface area contributed by atoms with Crippen molar-refractivity contribution in [1.29, 1.82) is 5.26 Å². The van der Waals surface area contributed by atoms with Gasteiger partial charge in [0.05, 0.1) is 12.6 Å². The van der Waals surface area contributed by atoms with Crippen molar-refractivity contribution >= 4 is 12.0 Å². The monoisotopic (exact) mass is 428 g/mol. The van der Waals surface area contributed by atoms with Crippen molar-refractivity contribution in [2.45, 2.75) is 107 Å². The van der Waals surface area contributed by atoms with Crippen LogP contribution < -0.4 is 10.6 Å². The number of alkyl carbamates (subject to hydrolysis) is 1. The summed E-state index contributed by atoms with van der Waals surface area (Å²) in [7, 11) is 0. The van der Waals surface area contributed by atoms with Gasteiger partial charge in [-0.05, 0) is 69.6 Å². The predicted molar refractivity (Wildman–Crippen MR) is 115 cm³/mol. The Kier molecular flexibility index (Phi) is 5.62. The molecule has 31 heavy (non-hydrogen) atoms. The summed E-state index contributed by atoms with van der Waals surface area (Å²) in [5.74, 6) is 1.15. The number of nitriles is 1. The van der Waals surface area contributed by atoms with Gasteiger partial charge in [0.2, 0.25) is 5.91 Å². The van der Waals surface area contributed by atoms with Crippen LogP contribution in [0, 0.1) is 23.2 Å². The number of ether oxygens (including phenoxy) is 1. The first-order valence-corrected chi connectivity index (χ1v) is 12.4. The molecule has 7 nitrogen and oxygen atoms in total. The maximum atomic E-state index is 12.8. The van der Waals surface area contributed by atoms with E-state index < -0.39 is 0 Å². The molecule has 1 saturated heterocycles. The van der Waals surface area contributed by atoms with Crippen molar-refractivity contribution in [2.24, 2.45) is 11.8 Å². The molecule has 0 aromatic heterocycles. The molecule has 0 aromatic rings. The van der Waals surface area contributed by atoms with Crippen molar-refractivity contribution in [1.82, 2.24) is 15.5 Å². The van der Waals surface area contributed by atoms with E-state index in [1.54, 1.807) is 4.90 Å². The molecule has 5 saturated carbocycles. The van der Waals surface area contributed by atoms with Crippen LogP contribution in [0.25, 0.3) is 0 Å². The van der Waals surface area contributed by atoms with Crippen LogP contribution in [0.15, 0.2) is 0 Å². The van der Waals surface area contributed by atoms with Crippen molar-refractivity contribution in [3.63, 3.8) is 0 Å². The standard InChI is InChI=1S/C24H36N4O3/c25-14-20-7-4-8-28(20)21(29)15-26-23-10-17-9-18(11-23)13-24(12-17,16-23)31-22(30)27-19-5-2-1-3-6-19/h17-20,26H,1-13,15-16H2,(H,27,30)/t17-,18+,20-,23?,24?/m0/s1. The van der Waals surface area contributed by atoms with E-state index in [4.69, 9.17) is 4.74 Å². The van der Waals surface area contributed by atoms with Crippen LogP contribution in [0.4, 0.5) is 4.79 Å². The number of rotatable bonds is 5. The number of nitrogens with one attached hydrogen (secondary N) is 2. The average molecular weight is 429 g/mol. The minimum absolute atomic E-state index is 0.0322. The summed E-state index contributed by atoms with van der Waals surface area (Å²) in [5, 5.41) is 16.0. The molecule has 5 atom stereocenters. The minimum atomic E-state index is -0.387. The van der Waals surface area contributed by atoms with Crippen LogP contribution in [0.5, 0.6) is 0 Å². The van der Waals surface area contributed by atoms with Gasteiger partial charge in [-0.3, -0.25) is 4.79 Å². The second-order valence-electron chi connectivity index (χ2n) is 11.0. The summed E-state index contributed by atoms with van der Waals surface area (Å²) >= 11 is 0. The molecule has 7 heteroatoms. The Morgan fingerprint density at radius 1 is 1.03 bits per heavy atom. The van der Waals surface area contributed by atoms with Gasteiger partial charge in [-0.15, -0.1) is 0 Å². The lowest BCUT2D eigenvalue weighted by atomic mass is 9.51. The Morgan fingerprint density at radius 3 is 2.48 bits per heavy atom. The zero-order valence-corrected chi connectivity index (χ0v) is 18.5. The van der Waals surface area contributed by atoms with Gasteiger partial charge < -0.3 is 20.3 Å². The zero-order chi connectivity index (χ0) is 21.5. The van der Waals surface area contributed by atoms with Crippen molar-refractivity contribution in [3.05, 3.63) is 0 Å². The van der Waals surface area contributed by atoms with E-state index in [2.05, 4.69) is 16.7 Å². The topological polar surface area (TPSA) is 94.5 Å². The molecule has 2 unspecified atom stereocenters. The molecule has 6 rings (SSSR count). The number of carbonyl (C=O) groups excluding carboxylic acids is 2. The van der Waals surface area contributed by atoms with Gasteiger partial charge in [0.15, 0.2) is 0 Å². The Morgan fingerprint density at radius 2 is 1.77 bits per heavy atom. The van der Waals surface area contributed by atoms with Crippen LogP contribution in [-0.4, -0.2) is 53.2 Å². The molecule has 1 aliphatic heterocycles. The van der Waals surface area contributed by atoms with Crippen molar-refractivity contribution in [2.75, 3.05) is 13.1 Å². The molecular formula is C24H36N4O3. The van der Waals surface area contributed by atoms with Gasteiger partial charge in [0.25, 0.3) is 0 Å². The van der Waals surface area contributed by atoms with E-state index in [-0.39, 0.29) is 41.8 Å². The number of amides is 2.